The monoisotopic (exact) mass is 382 g/mol. The predicted molar refractivity (Wildman–Crippen MR) is 105 cm³/mol. The first-order valence-corrected chi connectivity index (χ1v) is 10.4. The molecular weight excluding hydrogens is 368 g/mol. The zero-order chi connectivity index (χ0) is 17.1. The second kappa shape index (κ2) is 7.43. The molecule has 4 nitrogen and oxygen atoms in total. The third kappa shape index (κ3) is 3.78. The van der Waals surface area contributed by atoms with Crippen molar-refractivity contribution in [2.45, 2.75) is 17.7 Å². The van der Waals surface area contributed by atoms with Crippen LogP contribution in [0, 0.1) is 6.92 Å². The molecule has 0 N–H and O–H groups in total. The molecule has 0 bridgehead atoms. The summed E-state index contributed by atoms with van der Waals surface area (Å²) in [5.41, 5.74) is 2.91. The van der Waals surface area contributed by atoms with Gasteiger partial charge in [0.1, 0.15) is 15.7 Å². The van der Waals surface area contributed by atoms with Gasteiger partial charge in [-0.2, -0.15) is 0 Å². The molecule has 7 heteroatoms. The van der Waals surface area contributed by atoms with E-state index in [4.69, 9.17) is 0 Å². The van der Waals surface area contributed by atoms with E-state index in [1.165, 1.54) is 4.88 Å². The average molecular weight is 383 g/mol. The van der Waals surface area contributed by atoms with Crippen molar-refractivity contribution in [3.63, 3.8) is 0 Å². The van der Waals surface area contributed by atoms with Crippen LogP contribution in [0.25, 0.3) is 20.5 Å². The van der Waals surface area contributed by atoms with Gasteiger partial charge in [-0.25, -0.2) is 4.98 Å². The molecule has 0 amide bonds. The first-order chi connectivity index (χ1) is 12.3. The van der Waals surface area contributed by atoms with Gasteiger partial charge in [0.15, 0.2) is 0 Å². The number of rotatable bonds is 5. The van der Waals surface area contributed by atoms with Crippen LogP contribution in [-0.2, 0) is 5.75 Å². The van der Waals surface area contributed by atoms with Gasteiger partial charge < -0.3 is 0 Å². The quantitative estimate of drug-likeness (QED) is 0.437. The highest BCUT2D eigenvalue weighted by molar-refractivity contribution is 7.98. The Morgan fingerprint density at radius 1 is 1.04 bits per heavy atom. The van der Waals surface area contributed by atoms with Crippen LogP contribution in [0.3, 0.4) is 0 Å². The van der Waals surface area contributed by atoms with Gasteiger partial charge in [0.25, 0.3) is 0 Å². The maximum atomic E-state index is 4.68. The largest absolute Gasteiger partial charge is 0.260 e. The number of nitrogens with zero attached hydrogens (tertiary/aromatic N) is 4. The van der Waals surface area contributed by atoms with E-state index in [0.717, 1.165) is 37.7 Å². The number of aromatic nitrogens is 4. The highest BCUT2D eigenvalue weighted by Gasteiger charge is 2.13. The molecule has 0 saturated carbocycles. The molecule has 124 valence electrons. The fourth-order valence-corrected chi connectivity index (χ4v) is 4.85. The van der Waals surface area contributed by atoms with Gasteiger partial charge in [-0.3, -0.25) is 4.98 Å². The van der Waals surface area contributed by atoms with E-state index in [0.29, 0.717) is 0 Å². The van der Waals surface area contributed by atoms with Crippen LogP contribution >= 0.6 is 34.4 Å². The number of thiazole rings is 1. The standard InChI is InChI=1S/C18H14N4S3/c1-12-17(25-18(20-12)15-6-4-10-23-15)14-7-8-16(22-21-14)24-11-13-5-2-3-9-19-13/h2-10H,11H2,1H3. The van der Waals surface area contributed by atoms with E-state index in [2.05, 4.69) is 31.6 Å². The molecule has 0 unspecified atom stereocenters. The summed E-state index contributed by atoms with van der Waals surface area (Å²) in [5.74, 6) is 0.789. The third-order valence-corrected chi connectivity index (χ3v) is 6.67. The Morgan fingerprint density at radius 2 is 2.00 bits per heavy atom. The van der Waals surface area contributed by atoms with Crippen molar-refractivity contribution >= 4 is 34.4 Å². The zero-order valence-corrected chi connectivity index (χ0v) is 15.9. The number of pyridine rings is 1. The van der Waals surface area contributed by atoms with Gasteiger partial charge in [0, 0.05) is 11.9 Å². The zero-order valence-electron chi connectivity index (χ0n) is 13.4. The molecular formula is C18H14N4S3. The van der Waals surface area contributed by atoms with Crippen LogP contribution in [0.2, 0.25) is 0 Å². The van der Waals surface area contributed by atoms with E-state index < -0.39 is 0 Å². The lowest BCUT2D eigenvalue weighted by atomic mass is 10.3. The van der Waals surface area contributed by atoms with E-state index in [9.17, 15) is 0 Å². The van der Waals surface area contributed by atoms with Crippen LogP contribution in [0.5, 0.6) is 0 Å². The van der Waals surface area contributed by atoms with Crippen molar-refractivity contribution in [3.05, 3.63) is 65.4 Å². The van der Waals surface area contributed by atoms with Crippen molar-refractivity contribution in [1.29, 1.82) is 0 Å². The van der Waals surface area contributed by atoms with E-state index in [-0.39, 0.29) is 0 Å². The van der Waals surface area contributed by atoms with Gasteiger partial charge in [-0.05, 0) is 42.6 Å². The minimum Gasteiger partial charge on any atom is -0.260 e. The molecule has 0 fully saturated rings. The summed E-state index contributed by atoms with van der Waals surface area (Å²) < 4.78 is 0. The van der Waals surface area contributed by atoms with E-state index >= 15 is 0 Å². The Kier molecular flexibility index (Phi) is 4.87. The molecule has 0 saturated heterocycles. The number of aryl methyl sites for hydroxylation is 1. The van der Waals surface area contributed by atoms with Crippen molar-refractivity contribution in [3.8, 4) is 20.5 Å². The molecule has 0 aliphatic carbocycles. The molecule has 25 heavy (non-hydrogen) atoms. The van der Waals surface area contributed by atoms with Crippen LogP contribution < -0.4 is 0 Å². The first-order valence-electron chi connectivity index (χ1n) is 7.68. The van der Waals surface area contributed by atoms with Gasteiger partial charge in [-0.1, -0.05) is 23.9 Å². The fourth-order valence-electron chi connectivity index (χ4n) is 2.29. The molecule has 0 aliphatic rings. The lowest BCUT2D eigenvalue weighted by Gasteiger charge is -2.01. The lowest BCUT2D eigenvalue weighted by molar-refractivity contribution is 0.935. The second-order valence-electron chi connectivity index (χ2n) is 5.28. The molecule has 4 aromatic heterocycles. The minimum absolute atomic E-state index is 0.789. The fraction of sp³-hybridized carbons (Fsp3) is 0.111. The van der Waals surface area contributed by atoms with Crippen molar-refractivity contribution in [2.24, 2.45) is 0 Å². The Labute approximate surface area is 158 Å². The smallest absolute Gasteiger partial charge is 0.134 e. The summed E-state index contributed by atoms with van der Waals surface area (Å²) in [5, 5.41) is 12.8. The maximum absolute atomic E-state index is 4.68. The summed E-state index contributed by atoms with van der Waals surface area (Å²) in [6.07, 6.45) is 1.81. The summed E-state index contributed by atoms with van der Waals surface area (Å²) in [4.78, 5) is 11.3. The number of thioether (sulfide) groups is 1. The topological polar surface area (TPSA) is 51.6 Å². The Morgan fingerprint density at radius 3 is 2.72 bits per heavy atom. The normalized spacial score (nSPS) is 10.9. The minimum atomic E-state index is 0.789. The molecule has 0 atom stereocenters. The van der Waals surface area contributed by atoms with Gasteiger partial charge >= 0.3 is 0 Å². The summed E-state index contributed by atoms with van der Waals surface area (Å²) in [6.45, 7) is 2.02. The summed E-state index contributed by atoms with van der Waals surface area (Å²) in [6, 6.07) is 14.1. The van der Waals surface area contributed by atoms with E-state index in [1.807, 2.05) is 49.5 Å². The second-order valence-corrected chi connectivity index (χ2v) is 8.22. The van der Waals surface area contributed by atoms with Crippen LogP contribution in [0.4, 0.5) is 0 Å². The maximum Gasteiger partial charge on any atom is 0.134 e. The Bertz CT molecular complexity index is 948. The van der Waals surface area contributed by atoms with Crippen LogP contribution in [-0.4, -0.2) is 20.2 Å². The Hall–Kier alpha value is -2.09. The average Bonchev–Trinajstić information content (AvgIpc) is 3.31. The predicted octanol–water partition coefficient (Wildman–Crippen LogP) is 5.32. The highest BCUT2D eigenvalue weighted by atomic mass is 32.2. The summed E-state index contributed by atoms with van der Waals surface area (Å²) in [7, 11) is 0. The number of hydrogen-bond acceptors (Lipinski definition) is 7. The van der Waals surface area contributed by atoms with Gasteiger partial charge in [-0.15, -0.1) is 32.9 Å². The molecule has 0 aromatic carbocycles. The van der Waals surface area contributed by atoms with Crippen molar-refractivity contribution < 1.29 is 0 Å². The molecule has 0 spiro atoms. The molecule has 4 heterocycles. The van der Waals surface area contributed by atoms with Crippen LogP contribution in [0.15, 0.2) is 59.1 Å². The number of hydrogen-bond donors (Lipinski definition) is 0. The lowest BCUT2D eigenvalue weighted by Crippen LogP contribution is -1.91. The van der Waals surface area contributed by atoms with Crippen LogP contribution in [0.1, 0.15) is 11.4 Å². The highest BCUT2D eigenvalue weighted by Crippen LogP contribution is 2.36. The van der Waals surface area contributed by atoms with Gasteiger partial charge in [0.2, 0.25) is 0 Å². The number of thiophene rings is 1. The SMILES string of the molecule is Cc1nc(-c2cccs2)sc1-c1ccc(SCc2ccccn2)nn1. The van der Waals surface area contributed by atoms with Crippen molar-refractivity contribution in [1.82, 2.24) is 20.2 Å². The first kappa shape index (κ1) is 16.4. The third-order valence-electron chi connectivity index (χ3n) is 3.50. The van der Waals surface area contributed by atoms with Gasteiger partial charge in [0.05, 0.1) is 21.1 Å². The van der Waals surface area contributed by atoms with Crippen molar-refractivity contribution in [2.75, 3.05) is 0 Å². The molecule has 4 aromatic rings. The molecule has 0 radical (unpaired) electrons. The Balaban J connectivity index is 1.50. The summed E-state index contributed by atoms with van der Waals surface area (Å²) >= 11 is 5.01. The molecule has 4 rings (SSSR count). The van der Waals surface area contributed by atoms with E-state index in [1.54, 1.807) is 34.4 Å². The molecule has 0 aliphatic heterocycles.